The molecule has 8 heteroatoms. The third-order valence-corrected chi connectivity index (χ3v) is 6.69. The molecule has 0 unspecified atom stereocenters. The van der Waals surface area contributed by atoms with Gasteiger partial charge in [-0.15, -0.1) is 0 Å². The van der Waals surface area contributed by atoms with Crippen molar-refractivity contribution in [2.75, 3.05) is 39.3 Å². The van der Waals surface area contributed by atoms with Gasteiger partial charge in [0.15, 0.2) is 0 Å². The molecule has 0 bridgehead atoms. The van der Waals surface area contributed by atoms with Crippen molar-refractivity contribution in [3.8, 4) is 0 Å². The number of rotatable bonds is 3. The molecule has 0 aromatic heterocycles. The minimum Gasteiger partial charge on any atom is -0.340 e. The van der Waals surface area contributed by atoms with Crippen LogP contribution in [-0.4, -0.2) is 73.6 Å². The van der Waals surface area contributed by atoms with Crippen LogP contribution in [0.3, 0.4) is 0 Å². The largest absolute Gasteiger partial charge is 0.340 e. The van der Waals surface area contributed by atoms with Crippen LogP contribution in [0.1, 0.15) is 30.1 Å². The molecule has 0 saturated carbocycles. The summed E-state index contributed by atoms with van der Waals surface area (Å²) >= 11 is 0. The molecule has 0 spiro atoms. The zero-order chi connectivity index (χ0) is 18.0. The zero-order valence-corrected chi connectivity index (χ0v) is 15.2. The van der Waals surface area contributed by atoms with Crippen LogP contribution in [0.15, 0.2) is 29.2 Å². The van der Waals surface area contributed by atoms with Crippen molar-refractivity contribution < 1.29 is 18.0 Å². The Morgan fingerprint density at radius 3 is 2.16 bits per heavy atom. The van der Waals surface area contributed by atoms with Gasteiger partial charge in [-0.05, 0) is 31.0 Å². The van der Waals surface area contributed by atoms with Crippen molar-refractivity contribution in [2.45, 2.75) is 24.7 Å². The Kier molecular flexibility index (Phi) is 5.10. The molecule has 0 aliphatic carbocycles. The Labute approximate surface area is 148 Å². The molecule has 0 atom stereocenters. The number of nitrogens with zero attached hydrogens (tertiary/aromatic N) is 3. The lowest BCUT2D eigenvalue weighted by atomic mass is 10.2. The van der Waals surface area contributed by atoms with Crippen LogP contribution in [-0.2, 0) is 14.8 Å². The maximum Gasteiger partial charge on any atom is 0.253 e. The second kappa shape index (κ2) is 7.13. The third kappa shape index (κ3) is 3.69. The van der Waals surface area contributed by atoms with Gasteiger partial charge in [0.05, 0.1) is 4.90 Å². The van der Waals surface area contributed by atoms with Crippen LogP contribution in [0.2, 0.25) is 0 Å². The van der Waals surface area contributed by atoms with E-state index in [9.17, 15) is 18.0 Å². The van der Waals surface area contributed by atoms with Crippen LogP contribution in [0.25, 0.3) is 0 Å². The molecule has 1 aromatic carbocycles. The number of carbonyl (C=O) groups is 2. The van der Waals surface area contributed by atoms with Gasteiger partial charge in [-0.3, -0.25) is 9.59 Å². The highest BCUT2D eigenvalue weighted by Crippen LogP contribution is 2.21. The molecule has 25 heavy (non-hydrogen) atoms. The molecule has 2 amide bonds. The summed E-state index contributed by atoms with van der Waals surface area (Å²) in [5.41, 5.74) is 0.408. The molecule has 136 valence electrons. The van der Waals surface area contributed by atoms with Gasteiger partial charge in [0, 0.05) is 51.8 Å². The number of piperazine rings is 1. The van der Waals surface area contributed by atoms with Gasteiger partial charge in [-0.2, -0.15) is 4.31 Å². The van der Waals surface area contributed by atoms with E-state index in [1.165, 1.54) is 23.4 Å². The van der Waals surface area contributed by atoms with E-state index in [2.05, 4.69) is 0 Å². The molecule has 2 aliphatic rings. The molecule has 3 rings (SSSR count). The standard InChI is InChI=1S/C17H23N3O4S/c1-14(21)18-9-11-20(12-10-18)25(23,24)16-6-4-5-15(13-16)17(22)19-7-2-3-8-19/h4-6,13H,2-3,7-12H2,1H3. The number of amides is 2. The first kappa shape index (κ1) is 17.9. The number of carbonyl (C=O) groups excluding carboxylic acids is 2. The van der Waals surface area contributed by atoms with Crippen LogP contribution in [0.5, 0.6) is 0 Å². The number of sulfonamides is 1. The lowest BCUT2D eigenvalue weighted by Gasteiger charge is -2.33. The van der Waals surface area contributed by atoms with E-state index in [4.69, 9.17) is 0 Å². The van der Waals surface area contributed by atoms with Crippen molar-refractivity contribution in [2.24, 2.45) is 0 Å². The Hall–Kier alpha value is -1.93. The molecule has 7 nitrogen and oxygen atoms in total. The van der Waals surface area contributed by atoms with Crippen molar-refractivity contribution in [3.63, 3.8) is 0 Å². The SMILES string of the molecule is CC(=O)N1CCN(S(=O)(=O)c2cccc(C(=O)N3CCCC3)c2)CC1. The molecule has 2 fully saturated rings. The van der Waals surface area contributed by atoms with Gasteiger partial charge in [-0.1, -0.05) is 6.07 Å². The van der Waals surface area contributed by atoms with E-state index in [0.717, 1.165) is 25.9 Å². The Morgan fingerprint density at radius 1 is 0.920 bits per heavy atom. The highest BCUT2D eigenvalue weighted by molar-refractivity contribution is 7.89. The third-order valence-electron chi connectivity index (χ3n) is 4.80. The van der Waals surface area contributed by atoms with Crippen LogP contribution >= 0.6 is 0 Å². The molecular weight excluding hydrogens is 342 g/mol. The summed E-state index contributed by atoms with van der Waals surface area (Å²) in [5.74, 6) is -0.161. The summed E-state index contributed by atoms with van der Waals surface area (Å²) in [4.78, 5) is 27.4. The zero-order valence-electron chi connectivity index (χ0n) is 14.3. The molecule has 2 saturated heterocycles. The monoisotopic (exact) mass is 365 g/mol. The van der Waals surface area contributed by atoms with E-state index in [-0.39, 0.29) is 29.8 Å². The minimum atomic E-state index is -3.67. The van der Waals surface area contributed by atoms with Crippen LogP contribution in [0, 0.1) is 0 Å². The van der Waals surface area contributed by atoms with Crippen molar-refractivity contribution in [3.05, 3.63) is 29.8 Å². The number of hydrogen-bond acceptors (Lipinski definition) is 4. The smallest absolute Gasteiger partial charge is 0.253 e. The Balaban J connectivity index is 1.77. The van der Waals surface area contributed by atoms with Crippen molar-refractivity contribution >= 4 is 21.8 Å². The second-order valence-electron chi connectivity index (χ2n) is 6.44. The van der Waals surface area contributed by atoms with Gasteiger partial charge in [0.1, 0.15) is 0 Å². The normalized spacial score (nSPS) is 19.2. The maximum atomic E-state index is 12.9. The van der Waals surface area contributed by atoms with Crippen molar-refractivity contribution in [1.29, 1.82) is 0 Å². The van der Waals surface area contributed by atoms with E-state index >= 15 is 0 Å². The fourth-order valence-electron chi connectivity index (χ4n) is 3.28. The molecule has 2 aliphatic heterocycles. The van der Waals surface area contributed by atoms with E-state index in [1.807, 2.05) is 0 Å². The van der Waals surface area contributed by atoms with Crippen LogP contribution < -0.4 is 0 Å². The molecule has 0 radical (unpaired) electrons. The van der Waals surface area contributed by atoms with Crippen molar-refractivity contribution in [1.82, 2.24) is 14.1 Å². The molecular formula is C17H23N3O4S. The Bertz CT molecular complexity index is 764. The first-order valence-corrected chi connectivity index (χ1v) is 9.98. The fraction of sp³-hybridized carbons (Fsp3) is 0.529. The number of benzene rings is 1. The van der Waals surface area contributed by atoms with Gasteiger partial charge in [0.2, 0.25) is 15.9 Å². The second-order valence-corrected chi connectivity index (χ2v) is 8.38. The van der Waals surface area contributed by atoms with Gasteiger partial charge < -0.3 is 9.80 Å². The summed E-state index contributed by atoms with van der Waals surface area (Å²) in [7, 11) is -3.67. The lowest BCUT2D eigenvalue weighted by molar-refractivity contribution is -0.129. The predicted molar refractivity (Wildman–Crippen MR) is 92.6 cm³/mol. The van der Waals surface area contributed by atoms with E-state index < -0.39 is 10.0 Å². The molecule has 1 aromatic rings. The highest BCUT2D eigenvalue weighted by atomic mass is 32.2. The lowest BCUT2D eigenvalue weighted by Crippen LogP contribution is -2.49. The summed E-state index contributed by atoms with van der Waals surface area (Å²) in [6.45, 7) is 4.25. The van der Waals surface area contributed by atoms with Crippen LogP contribution in [0.4, 0.5) is 0 Å². The summed E-state index contributed by atoms with van der Waals surface area (Å²) in [6.07, 6.45) is 1.98. The minimum absolute atomic E-state index is 0.0461. The van der Waals surface area contributed by atoms with Gasteiger partial charge >= 0.3 is 0 Å². The topological polar surface area (TPSA) is 78.0 Å². The quantitative estimate of drug-likeness (QED) is 0.793. The van der Waals surface area contributed by atoms with E-state index in [1.54, 1.807) is 21.9 Å². The van der Waals surface area contributed by atoms with Gasteiger partial charge in [0.25, 0.3) is 5.91 Å². The molecule has 2 heterocycles. The fourth-order valence-corrected chi connectivity index (χ4v) is 4.75. The average molecular weight is 365 g/mol. The number of hydrogen-bond donors (Lipinski definition) is 0. The van der Waals surface area contributed by atoms with Gasteiger partial charge in [-0.25, -0.2) is 8.42 Å². The number of likely N-dealkylation sites (tertiary alicyclic amines) is 1. The summed E-state index contributed by atoms with van der Waals surface area (Å²) in [5, 5.41) is 0. The summed E-state index contributed by atoms with van der Waals surface area (Å²) in [6, 6.07) is 6.26. The molecule has 0 N–H and O–H groups in total. The highest BCUT2D eigenvalue weighted by Gasteiger charge is 2.30. The van der Waals surface area contributed by atoms with E-state index in [0.29, 0.717) is 18.7 Å². The first-order chi connectivity index (χ1) is 11.9. The first-order valence-electron chi connectivity index (χ1n) is 8.54. The average Bonchev–Trinajstić information content (AvgIpc) is 3.16. The summed E-state index contributed by atoms with van der Waals surface area (Å²) < 4.78 is 27.1. The predicted octanol–water partition coefficient (Wildman–Crippen LogP) is 0.775. The maximum absolute atomic E-state index is 12.9. The Morgan fingerprint density at radius 2 is 1.56 bits per heavy atom.